The van der Waals surface area contributed by atoms with Crippen LogP contribution in [0.25, 0.3) is 11.2 Å². The number of hydrogen-bond donors (Lipinski definition) is 1. The zero-order valence-electron chi connectivity index (χ0n) is 38.5. The number of phosphoric acid groups is 1. The summed E-state index contributed by atoms with van der Waals surface area (Å²) in [7, 11) is -3.28. The number of hydrogen-bond acceptors (Lipinski definition) is 18. The average molecular weight is 964 g/mol. The van der Waals surface area contributed by atoms with Crippen molar-refractivity contribution in [1.29, 1.82) is 0 Å². The number of nitrogens with zero attached hydrogens (tertiary/aromatic N) is 4. The van der Waals surface area contributed by atoms with Crippen LogP contribution in [-0.2, 0) is 56.8 Å². The topological polar surface area (TPSA) is 208 Å². The number of methoxy groups -OCH3 is 1. The van der Waals surface area contributed by atoms with E-state index in [1.807, 2.05) is 84.9 Å². The number of benzene rings is 3. The van der Waals surface area contributed by atoms with E-state index in [9.17, 15) is 14.2 Å². The lowest BCUT2D eigenvalue weighted by atomic mass is 9.77. The van der Waals surface area contributed by atoms with E-state index in [2.05, 4.69) is 10.3 Å². The van der Waals surface area contributed by atoms with E-state index in [-0.39, 0.29) is 0 Å². The summed E-state index contributed by atoms with van der Waals surface area (Å²) in [5.41, 5.74) is -1.19. The number of fused-ring (bicyclic) bond motifs is 2. The summed E-state index contributed by atoms with van der Waals surface area (Å²) in [5, 5.41) is 3.77. The standard InChI is InChI=1S/C47H55FN5O14P/c1-31(2)63-42(54)58-29-61-68(56,62-30-59-43(55)64-32(3)4)60-26-45(25-48)40-44(5,67-46(65-40)23-13-14-24-46)41(66-45)53-28-51-37-38(49-27-50-39(37)53)52-47(33-15-9-7-10-16-33,34-17-11-8-12-18-34)35-19-21-36(57-6)22-20-35/h7-12,15-22,27-28,31-32,40-41H,13-14,23-26,29-30H2,1-6H3,(H,49,50,52)/t40-,41+,44+,45+/m0/s1. The fourth-order valence-electron chi connectivity index (χ4n) is 8.99. The van der Waals surface area contributed by atoms with Crippen LogP contribution in [0.1, 0.15) is 83.2 Å². The van der Waals surface area contributed by atoms with Gasteiger partial charge in [-0.1, -0.05) is 72.8 Å². The summed E-state index contributed by atoms with van der Waals surface area (Å²) in [4.78, 5) is 38.5. The number of alkyl halides is 1. The van der Waals surface area contributed by atoms with Crippen molar-refractivity contribution in [3.63, 3.8) is 0 Å². The fourth-order valence-corrected chi connectivity index (χ4v) is 9.96. The first-order chi connectivity index (χ1) is 32.7. The summed E-state index contributed by atoms with van der Waals surface area (Å²) < 4.78 is 93.9. The van der Waals surface area contributed by atoms with Crippen molar-refractivity contribution in [2.75, 3.05) is 39.3 Å². The number of anilines is 1. The van der Waals surface area contributed by atoms with Crippen molar-refractivity contribution in [2.24, 2.45) is 0 Å². The zero-order chi connectivity index (χ0) is 48.2. The molecule has 0 amide bonds. The Hall–Kier alpha value is -5.73. The summed E-state index contributed by atoms with van der Waals surface area (Å²) in [6, 6.07) is 27.6. The molecule has 21 heteroatoms. The van der Waals surface area contributed by atoms with E-state index in [1.165, 1.54) is 12.7 Å². The molecule has 1 saturated carbocycles. The molecule has 1 N–H and O–H groups in total. The molecule has 3 aromatic carbocycles. The minimum atomic E-state index is -4.89. The van der Waals surface area contributed by atoms with E-state index in [0.717, 1.165) is 29.5 Å². The minimum Gasteiger partial charge on any atom is -0.497 e. The summed E-state index contributed by atoms with van der Waals surface area (Å²) in [6.07, 6.45) is -0.217. The number of aromatic nitrogens is 4. The number of ether oxygens (including phenoxy) is 8. The third-order valence-electron chi connectivity index (χ3n) is 11.9. The van der Waals surface area contributed by atoms with Crippen molar-refractivity contribution < 1.29 is 70.0 Å². The van der Waals surface area contributed by atoms with Crippen LogP contribution in [0.4, 0.5) is 19.8 Å². The molecule has 0 bridgehead atoms. The van der Waals surface area contributed by atoms with Gasteiger partial charge in [-0.05, 0) is 76.3 Å². The number of halogens is 1. The molecule has 3 aliphatic rings. The van der Waals surface area contributed by atoms with E-state index < -0.39 is 94.1 Å². The molecule has 0 unspecified atom stereocenters. The molecule has 4 heterocycles. The largest absolute Gasteiger partial charge is 0.510 e. The molecule has 0 radical (unpaired) electrons. The van der Waals surface area contributed by atoms with E-state index in [0.29, 0.717) is 35.6 Å². The highest BCUT2D eigenvalue weighted by Gasteiger charge is 2.72. The first-order valence-electron chi connectivity index (χ1n) is 22.2. The Morgan fingerprint density at radius 1 is 0.824 bits per heavy atom. The average Bonchev–Trinajstić information content (AvgIpc) is 4.10. The molecule has 2 saturated heterocycles. The van der Waals surface area contributed by atoms with Gasteiger partial charge in [0, 0.05) is 12.8 Å². The predicted octanol–water partition coefficient (Wildman–Crippen LogP) is 9.12. The van der Waals surface area contributed by atoms with Gasteiger partial charge >= 0.3 is 20.1 Å². The third-order valence-corrected chi connectivity index (χ3v) is 13.2. The lowest BCUT2D eigenvalue weighted by Gasteiger charge is -2.37. The fraction of sp³-hybridized carbons (Fsp3) is 0.468. The lowest BCUT2D eigenvalue weighted by molar-refractivity contribution is -0.252. The molecule has 364 valence electrons. The van der Waals surface area contributed by atoms with Gasteiger partial charge < -0.3 is 43.2 Å². The van der Waals surface area contributed by atoms with Gasteiger partial charge in [-0.3, -0.25) is 9.09 Å². The summed E-state index contributed by atoms with van der Waals surface area (Å²) in [6.45, 7) is 4.09. The van der Waals surface area contributed by atoms with Crippen LogP contribution in [-0.4, -0.2) is 101 Å². The van der Waals surface area contributed by atoms with Crippen LogP contribution in [0, 0.1) is 0 Å². The van der Waals surface area contributed by atoms with Gasteiger partial charge in [0.2, 0.25) is 13.6 Å². The van der Waals surface area contributed by atoms with Gasteiger partial charge in [0.1, 0.15) is 36.0 Å². The highest BCUT2D eigenvalue weighted by molar-refractivity contribution is 7.48. The highest BCUT2D eigenvalue weighted by Crippen LogP contribution is 2.60. The smallest absolute Gasteiger partial charge is 0.497 e. The second-order valence-corrected chi connectivity index (χ2v) is 19.0. The van der Waals surface area contributed by atoms with E-state index >= 15 is 4.39 Å². The summed E-state index contributed by atoms with van der Waals surface area (Å²) >= 11 is 0. The number of carbonyl (C=O) groups is 2. The van der Waals surface area contributed by atoms with Crippen molar-refractivity contribution in [3.05, 3.63) is 114 Å². The number of nitrogens with one attached hydrogen (secondary N) is 1. The minimum absolute atomic E-state index is 0.303. The van der Waals surface area contributed by atoms with E-state index in [1.54, 1.807) is 46.3 Å². The van der Waals surface area contributed by atoms with Crippen molar-refractivity contribution in [1.82, 2.24) is 19.5 Å². The zero-order valence-corrected chi connectivity index (χ0v) is 39.4. The molecule has 2 aliphatic heterocycles. The molecular formula is C47H55FN5O14P. The first kappa shape index (κ1) is 48.7. The molecule has 4 atom stereocenters. The van der Waals surface area contributed by atoms with Gasteiger partial charge in [-0.25, -0.2) is 42.5 Å². The molecular weight excluding hydrogens is 909 g/mol. The van der Waals surface area contributed by atoms with Crippen LogP contribution >= 0.6 is 7.82 Å². The molecule has 19 nitrogen and oxygen atoms in total. The molecule has 1 spiro atoms. The Bertz CT molecular complexity index is 2500. The van der Waals surface area contributed by atoms with Gasteiger partial charge in [0.25, 0.3) is 0 Å². The maximum atomic E-state index is 16.1. The monoisotopic (exact) mass is 963 g/mol. The normalized spacial score (nSPS) is 22.1. The molecule has 5 aromatic rings. The molecule has 8 rings (SSSR count). The predicted molar refractivity (Wildman–Crippen MR) is 240 cm³/mol. The number of rotatable bonds is 19. The second kappa shape index (κ2) is 20.1. The number of carbonyl (C=O) groups excluding carboxylic acids is 2. The van der Waals surface area contributed by atoms with Crippen LogP contribution in [0.3, 0.4) is 0 Å². The quantitative estimate of drug-likeness (QED) is 0.0354. The third kappa shape index (κ3) is 9.76. The Morgan fingerprint density at radius 2 is 1.40 bits per heavy atom. The molecule has 3 fully saturated rings. The maximum absolute atomic E-state index is 16.1. The van der Waals surface area contributed by atoms with Crippen molar-refractivity contribution in [3.8, 4) is 5.75 Å². The van der Waals surface area contributed by atoms with E-state index in [4.69, 9.17) is 61.4 Å². The summed E-state index contributed by atoms with van der Waals surface area (Å²) in [5.74, 6) is -0.0575. The van der Waals surface area contributed by atoms with Gasteiger partial charge in [0.05, 0.1) is 32.3 Å². The number of imidazole rings is 1. The van der Waals surface area contributed by atoms with Gasteiger partial charge in [-0.15, -0.1) is 0 Å². The Kier molecular flexibility index (Phi) is 14.4. The highest BCUT2D eigenvalue weighted by atomic mass is 31.2. The SMILES string of the molecule is COc1ccc(C(Nc2ncnc3c2ncn3[C@@H]2O[C@](CF)(COP(=O)(OCOC(=O)OC(C)C)OCOC(=O)OC(C)C)[C@H]3OC4(CCCC4)O[C@]32C)(c2ccccc2)c2ccccc2)cc1. The van der Waals surface area contributed by atoms with Crippen LogP contribution in [0.15, 0.2) is 97.6 Å². The van der Waals surface area contributed by atoms with Crippen molar-refractivity contribution in [2.45, 2.75) is 107 Å². The number of phosphoric ester groups is 1. The first-order valence-corrected chi connectivity index (χ1v) is 23.7. The molecule has 2 aromatic heterocycles. The Balaban J connectivity index is 1.15. The lowest BCUT2D eigenvalue weighted by Crippen LogP contribution is -2.51. The Morgan fingerprint density at radius 3 is 1.94 bits per heavy atom. The molecule has 1 aliphatic carbocycles. The van der Waals surface area contributed by atoms with Crippen LogP contribution in [0.2, 0.25) is 0 Å². The van der Waals surface area contributed by atoms with Crippen LogP contribution in [0.5, 0.6) is 5.75 Å². The van der Waals surface area contributed by atoms with Gasteiger partial charge in [-0.2, -0.15) is 0 Å². The molecule has 68 heavy (non-hydrogen) atoms. The van der Waals surface area contributed by atoms with Gasteiger partial charge in [0.15, 0.2) is 34.6 Å². The van der Waals surface area contributed by atoms with Crippen molar-refractivity contribution >= 4 is 37.1 Å². The Labute approximate surface area is 392 Å². The maximum Gasteiger partial charge on any atom is 0.510 e. The second-order valence-electron chi connectivity index (χ2n) is 17.3. The van der Waals surface area contributed by atoms with Crippen LogP contribution < -0.4 is 10.1 Å².